The summed E-state index contributed by atoms with van der Waals surface area (Å²) in [6, 6.07) is 4.71. The van der Waals surface area contributed by atoms with Crippen LogP contribution in [0.3, 0.4) is 0 Å². The number of hydrogen-bond donors (Lipinski definition) is 2. The highest BCUT2D eigenvalue weighted by molar-refractivity contribution is 6.31. The second-order valence-electron chi connectivity index (χ2n) is 7.46. The van der Waals surface area contributed by atoms with Gasteiger partial charge in [-0.25, -0.2) is 9.18 Å². The van der Waals surface area contributed by atoms with Gasteiger partial charge in [-0.05, 0) is 51.5 Å². The summed E-state index contributed by atoms with van der Waals surface area (Å²) >= 11 is 6.03. The Labute approximate surface area is 166 Å². The van der Waals surface area contributed by atoms with Gasteiger partial charge in [-0.2, -0.15) is 4.98 Å². The van der Waals surface area contributed by atoms with Gasteiger partial charge >= 0.3 is 5.69 Å². The molecule has 0 aliphatic heterocycles. The van der Waals surface area contributed by atoms with E-state index in [4.69, 9.17) is 22.2 Å². The minimum atomic E-state index is -0.593. The first-order valence-corrected chi connectivity index (χ1v) is 9.01. The molecule has 7 nitrogen and oxygen atoms in total. The number of benzene rings is 1. The molecule has 148 valence electrons. The number of aromatic nitrogens is 3. The van der Waals surface area contributed by atoms with Gasteiger partial charge < -0.3 is 9.82 Å². The maximum absolute atomic E-state index is 14.7. The summed E-state index contributed by atoms with van der Waals surface area (Å²) in [4.78, 5) is 24.2. The van der Waals surface area contributed by atoms with Crippen molar-refractivity contribution in [3.8, 4) is 11.3 Å². The van der Waals surface area contributed by atoms with E-state index in [0.717, 1.165) is 0 Å². The third-order valence-electron chi connectivity index (χ3n) is 4.00. The Morgan fingerprint density at radius 2 is 2.11 bits per heavy atom. The van der Waals surface area contributed by atoms with E-state index in [1.165, 1.54) is 16.8 Å². The van der Waals surface area contributed by atoms with E-state index >= 15 is 0 Å². The number of nitrogens with one attached hydrogen (secondary N) is 1. The van der Waals surface area contributed by atoms with Gasteiger partial charge in [0.25, 0.3) is 0 Å². The van der Waals surface area contributed by atoms with Crippen molar-refractivity contribution in [2.45, 2.75) is 39.5 Å². The van der Waals surface area contributed by atoms with E-state index in [0.29, 0.717) is 22.3 Å². The highest BCUT2D eigenvalue weighted by Crippen LogP contribution is 2.30. The average Bonchev–Trinajstić information content (AvgIpc) is 2.98. The molecule has 1 atom stereocenters. The van der Waals surface area contributed by atoms with E-state index in [2.05, 4.69) is 15.1 Å². The molecule has 3 aromatic rings. The number of halogens is 2. The Morgan fingerprint density at radius 3 is 2.75 bits per heavy atom. The highest BCUT2D eigenvalue weighted by Gasteiger charge is 2.18. The lowest BCUT2D eigenvalue weighted by Crippen LogP contribution is -2.34. The third-order valence-corrected chi connectivity index (χ3v) is 4.28. The molecule has 3 N–H and O–H groups in total. The monoisotopic (exact) mass is 405 g/mol. The van der Waals surface area contributed by atoms with Crippen LogP contribution in [-0.4, -0.2) is 27.0 Å². The Morgan fingerprint density at radius 1 is 1.39 bits per heavy atom. The maximum Gasteiger partial charge on any atom is 0.350 e. The lowest BCUT2D eigenvalue weighted by atomic mass is 10.1. The molecule has 2 aromatic heterocycles. The fraction of sp³-hybridized carbons (Fsp3) is 0.316. The summed E-state index contributed by atoms with van der Waals surface area (Å²) in [5, 5.41) is 4.35. The smallest absolute Gasteiger partial charge is 0.350 e. The van der Waals surface area contributed by atoms with Crippen LogP contribution in [-0.2, 0) is 10.4 Å². The third kappa shape index (κ3) is 4.07. The van der Waals surface area contributed by atoms with Gasteiger partial charge in [-0.15, -0.1) is 0 Å². The molecule has 0 spiro atoms. The molecule has 0 aliphatic carbocycles. The normalized spacial score (nSPS) is 13.4. The molecule has 2 heterocycles. The van der Waals surface area contributed by atoms with Crippen LogP contribution in [0, 0.1) is 5.82 Å². The van der Waals surface area contributed by atoms with Crippen molar-refractivity contribution in [3.63, 3.8) is 0 Å². The highest BCUT2D eigenvalue weighted by atomic mass is 35.5. The number of rotatable bonds is 4. The summed E-state index contributed by atoms with van der Waals surface area (Å²) in [7, 11) is 0. The first-order chi connectivity index (χ1) is 13.1. The molecular weight excluding hydrogens is 385 g/mol. The molecule has 0 saturated carbocycles. The molecule has 1 aromatic carbocycles. The van der Waals surface area contributed by atoms with Gasteiger partial charge in [0.15, 0.2) is 12.0 Å². The standard InChI is InChI=1S/C19H21ClFN5O2/c1-10(22)28-23-8-11-5-13(16(21)14(20)6-11)15-7-12-9-26(19(2,3)4)18(27)25-17(12)24-15/h5-10H,22H2,1-4H3,(H,24,25,27)/b23-8+/t10-/m1/s1. The second-order valence-corrected chi connectivity index (χ2v) is 7.87. The van der Waals surface area contributed by atoms with Crippen LogP contribution >= 0.6 is 11.6 Å². The first-order valence-electron chi connectivity index (χ1n) is 8.63. The summed E-state index contributed by atoms with van der Waals surface area (Å²) < 4.78 is 16.2. The Balaban J connectivity index is 2.10. The number of H-pyrrole nitrogens is 1. The van der Waals surface area contributed by atoms with Crippen molar-refractivity contribution < 1.29 is 9.23 Å². The zero-order valence-corrected chi connectivity index (χ0v) is 16.7. The van der Waals surface area contributed by atoms with E-state index in [1.807, 2.05) is 20.8 Å². The summed E-state index contributed by atoms with van der Waals surface area (Å²) in [5.74, 6) is -0.593. The largest absolute Gasteiger partial charge is 0.377 e. The lowest BCUT2D eigenvalue weighted by molar-refractivity contribution is 0.0787. The molecule has 0 amide bonds. The fourth-order valence-corrected chi connectivity index (χ4v) is 2.92. The molecule has 0 unspecified atom stereocenters. The average molecular weight is 406 g/mol. The number of nitrogens with zero attached hydrogens (tertiary/aromatic N) is 3. The summed E-state index contributed by atoms with van der Waals surface area (Å²) in [6.07, 6.45) is 2.52. The first kappa shape index (κ1) is 20.0. The van der Waals surface area contributed by atoms with Crippen molar-refractivity contribution in [1.82, 2.24) is 14.5 Å². The molecule has 0 radical (unpaired) electrons. The molecule has 28 heavy (non-hydrogen) atoms. The SMILES string of the molecule is C[C@H](N)O/N=C/c1cc(Cl)c(F)c(-c2cc3cn(C(C)(C)C)c(=O)nc3[nH]2)c1. The summed E-state index contributed by atoms with van der Waals surface area (Å²) in [6.45, 7) is 7.35. The molecule has 0 fully saturated rings. The van der Waals surface area contributed by atoms with Crippen LogP contribution in [0.15, 0.2) is 34.3 Å². The Kier molecular flexibility index (Phi) is 5.27. The minimum Gasteiger partial charge on any atom is -0.377 e. The van der Waals surface area contributed by atoms with Crippen LogP contribution in [0.25, 0.3) is 22.3 Å². The number of fused-ring (bicyclic) bond motifs is 1. The Bertz CT molecular complexity index is 1110. The zero-order chi connectivity index (χ0) is 20.6. The van der Waals surface area contributed by atoms with Crippen LogP contribution in [0.2, 0.25) is 5.02 Å². The fourth-order valence-electron chi connectivity index (χ4n) is 2.69. The van der Waals surface area contributed by atoms with Gasteiger partial charge in [0.2, 0.25) is 0 Å². The topological polar surface area (TPSA) is 98.3 Å². The lowest BCUT2D eigenvalue weighted by Gasteiger charge is -2.21. The van der Waals surface area contributed by atoms with Crippen molar-refractivity contribution >= 4 is 28.8 Å². The molecule has 0 bridgehead atoms. The van der Waals surface area contributed by atoms with Crippen LogP contribution in [0.4, 0.5) is 4.39 Å². The number of aromatic amines is 1. The summed E-state index contributed by atoms with van der Waals surface area (Å²) in [5.41, 5.74) is 6.22. The van der Waals surface area contributed by atoms with Gasteiger partial charge in [-0.3, -0.25) is 10.3 Å². The second kappa shape index (κ2) is 7.37. The molecule has 9 heteroatoms. The van der Waals surface area contributed by atoms with E-state index < -0.39 is 17.6 Å². The van der Waals surface area contributed by atoms with E-state index in [-0.39, 0.29) is 16.3 Å². The molecule has 3 rings (SSSR count). The van der Waals surface area contributed by atoms with Gasteiger partial charge in [-0.1, -0.05) is 16.8 Å². The number of nitrogens with two attached hydrogens (primary N) is 1. The molecule has 0 aliphatic rings. The van der Waals surface area contributed by atoms with Crippen LogP contribution in [0.5, 0.6) is 0 Å². The maximum atomic E-state index is 14.7. The number of hydrogen-bond acceptors (Lipinski definition) is 5. The zero-order valence-electron chi connectivity index (χ0n) is 16.0. The minimum absolute atomic E-state index is 0.0689. The van der Waals surface area contributed by atoms with Crippen molar-refractivity contribution in [3.05, 3.63) is 51.3 Å². The van der Waals surface area contributed by atoms with Crippen molar-refractivity contribution in [2.24, 2.45) is 10.9 Å². The predicted molar refractivity (Wildman–Crippen MR) is 108 cm³/mol. The van der Waals surface area contributed by atoms with E-state index in [9.17, 15) is 9.18 Å². The van der Waals surface area contributed by atoms with Crippen LogP contribution < -0.4 is 11.4 Å². The van der Waals surface area contributed by atoms with Gasteiger partial charge in [0, 0.05) is 22.7 Å². The van der Waals surface area contributed by atoms with Crippen molar-refractivity contribution in [2.75, 3.05) is 0 Å². The van der Waals surface area contributed by atoms with E-state index in [1.54, 1.807) is 25.3 Å². The van der Waals surface area contributed by atoms with Crippen LogP contribution in [0.1, 0.15) is 33.3 Å². The molecule has 0 saturated heterocycles. The van der Waals surface area contributed by atoms with Crippen molar-refractivity contribution in [1.29, 1.82) is 0 Å². The van der Waals surface area contributed by atoms with Gasteiger partial charge in [0.05, 0.1) is 16.9 Å². The molecular formula is C19H21ClFN5O2. The number of oxime groups is 1. The van der Waals surface area contributed by atoms with Gasteiger partial charge in [0.1, 0.15) is 5.65 Å². The Hall–Kier alpha value is -2.71. The quantitative estimate of drug-likeness (QED) is 0.393. The predicted octanol–water partition coefficient (Wildman–Crippen LogP) is 3.59.